The van der Waals surface area contributed by atoms with Gasteiger partial charge in [0.25, 0.3) is 0 Å². The highest BCUT2D eigenvalue weighted by atomic mass is 32.2. The van der Waals surface area contributed by atoms with Crippen molar-refractivity contribution in [3.05, 3.63) is 24.0 Å². The van der Waals surface area contributed by atoms with Crippen LogP contribution >= 0.6 is 0 Å². The van der Waals surface area contributed by atoms with Crippen molar-refractivity contribution in [3.8, 4) is 0 Å². The minimum absolute atomic E-state index is 0.170. The van der Waals surface area contributed by atoms with Gasteiger partial charge in [-0.3, -0.25) is 9.69 Å². The minimum Gasteiger partial charge on any atom is -0.465 e. The fraction of sp³-hybridized carbons (Fsp3) is 0.556. The van der Waals surface area contributed by atoms with Gasteiger partial charge in [-0.25, -0.2) is 17.7 Å². The Morgan fingerprint density at radius 2 is 1.93 bits per heavy atom. The molecule has 1 aromatic heterocycles. The molecule has 0 amide bonds. The molecule has 1 heterocycles. The number of aryl methyl sites for hydroxylation is 1. The van der Waals surface area contributed by atoms with Crippen molar-refractivity contribution in [1.29, 1.82) is 0 Å². The highest BCUT2D eigenvalue weighted by molar-refractivity contribution is 7.89. The van der Waals surface area contributed by atoms with E-state index in [1.807, 2.05) is 11.9 Å². The number of fused-ring (bicyclic) bond motifs is 1. The first-order valence-electron chi connectivity index (χ1n) is 8.96. The van der Waals surface area contributed by atoms with Gasteiger partial charge >= 0.3 is 5.97 Å². The topological polar surface area (TPSA) is 84.7 Å². The molecule has 2 rings (SSSR count). The average molecular weight is 397 g/mol. The van der Waals surface area contributed by atoms with E-state index in [0.717, 1.165) is 24.3 Å². The number of imidazole rings is 1. The van der Waals surface area contributed by atoms with Gasteiger partial charge in [0, 0.05) is 20.6 Å². The molecular weight excluding hydrogens is 368 g/mol. The Morgan fingerprint density at radius 1 is 1.22 bits per heavy atom. The number of benzene rings is 1. The summed E-state index contributed by atoms with van der Waals surface area (Å²) >= 11 is 0. The van der Waals surface area contributed by atoms with Crippen LogP contribution < -0.4 is 0 Å². The van der Waals surface area contributed by atoms with Crippen molar-refractivity contribution < 1.29 is 17.9 Å². The van der Waals surface area contributed by atoms with Crippen LogP contribution in [0.2, 0.25) is 0 Å². The number of sulfonamides is 1. The minimum atomic E-state index is -3.52. The Bertz CT molecular complexity index is 905. The second kappa shape index (κ2) is 8.81. The first-order valence-corrected chi connectivity index (χ1v) is 10.4. The summed E-state index contributed by atoms with van der Waals surface area (Å²) in [4.78, 5) is 18.4. The molecule has 0 saturated heterocycles. The zero-order valence-corrected chi connectivity index (χ0v) is 17.4. The Balaban J connectivity index is 2.38. The van der Waals surface area contributed by atoms with Gasteiger partial charge in [-0.15, -0.1) is 0 Å². The van der Waals surface area contributed by atoms with Crippen molar-refractivity contribution in [1.82, 2.24) is 18.8 Å². The van der Waals surface area contributed by atoms with Crippen molar-refractivity contribution in [2.45, 2.75) is 38.3 Å². The number of esters is 1. The number of hydrogen-bond acceptors (Lipinski definition) is 6. The number of aromatic nitrogens is 2. The van der Waals surface area contributed by atoms with Gasteiger partial charge in [-0.2, -0.15) is 0 Å². The van der Waals surface area contributed by atoms with Gasteiger partial charge < -0.3 is 9.30 Å². The summed E-state index contributed by atoms with van der Waals surface area (Å²) < 4.78 is 33.0. The van der Waals surface area contributed by atoms with E-state index < -0.39 is 10.0 Å². The van der Waals surface area contributed by atoms with E-state index in [4.69, 9.17) is 4.74 Å². The highest BCUT2D eigenvalue weighted by Gasteiger charge is 2.20. The molecule has 0 bridgehead atoms. The van der Waals surface area contributed by atoms with Gasteiger partial charge in [0.1, 0.15) is 5.82 Å². The van der Waals surface area contributed by atoms with Crippen molar-refractivity contribution in [3.63, 3.8) is 0 Å². The summed E-state index contributed by atoms with van der Waals surface area (Å²) in [6, 6.07) is 5.01. The van der Waals surface area contributed by atoms with E-state index in [0.29, 0.717) is 18.7 Å². The fourth-order valence-electron chi connectivity index (χ4n) is 2.85. The first kappa shape index (κ1) is 21.3. The van der Waals surface area contributed by atoms with Crippen molar-refractivity contribution in [2.75, 3.05) is 34.3 Å². The van der Waals surface area contributed by atoms with Gasteiger partial charge in [-0.05, 0) is 38.6 Å². The Hall–Kier alpha value is -1.97. The number of hydrogen-bond donors (Lipinski definition) is 0. The lowest BCUT2D eigenvalue weighted by Gasteiger charge is -2.16. The molecule has 0 aliphatic heterocycles. The second-order valence-electron chi connectivity index (χ2n) is 6.59. The van der Waals surface area contributed by atoms with Crippen molar-refractivity contribution >= 4 is 27.0 Å². The monoisotopic (exact) mass is 396 g/mol. The van der Waals surface area contributed by atoms with Crippen LogP contribution in [0.5, 0.6) is 0 Å². The third-order valence-corrected chi connectivity index (χ3v) is 5.95. The molecule has 0 aliphatic rings. The summed E-state index contributed by atoms with van der Waals surface area (Å²) in [5.41, 5.74) is 1.51. The van der Waals surface area contributed by atoms with Crippen LogP contribution in [0, 0.1) is 0 Å². The molecule has 150 valence electrons. The molecule has 0 unspecified atom stereocenters. The van der Waals surface area contributed by atoms with Gasteiger partial charge in [0.05, 0.1) is 35.6 Å². The van der Waals surface area contributed by atoms with Gasteiger partial charge in [-0.1, -0.05) is 6.92 Å². The zero-order valence-electron chi connectivity index (χ0n) is 16.6. The number of ether oxygens (including phenoxy) is 1. The molecule has 2 aromatic rings. The normalized spacial score (nSPS) is 12.3. The van der Waals surface area contributed by atoms with E-state index >= 15 is 0 Å². The van der Waals surface area contributed by atoms with Crippen LogP contribution in [0.1, 0.15) is 26.1 Å². The van der Waals surface area contributed by atoms with E-state index in [1.54, 1.807) is 25.1 Å². The number of carbonyl (C=O) groups excluding carboxylic acids is 1. The molecule has 0 N–H and O–H groups in total. The maximum atomic E-state index is 12.4. The summed E-state index contributed by atoms with van der Waals surface area (Å²) in [5, 5.41) is 0. The second-order valence-corrected chi connectivity index (χ2v) is 8.75. The summed E-state index contributed by atoms with van der Waals surface area (Å²) in [7, 11) is 1.32. The SMILES string of the molecule is CCCn1c(CN(C)CC(=O)OCC)nc2cc(S(=O)(=O)N(C)C)ccc21. The number of likely N-dealkylation sites (N-methyl/N-ethyl adjacent to an activating group) is 1. The fourth-order valence-corrected chi connectivity index (χ4v) is 3.77. The maximum Gasteiger partial charge on any atom is 0.320 e. The zero-order chi connectivity index (χ0) is 20.2. The predicted molar refractivity (Wildman–Crippen MR) is 104 cm³/mol. The van der Waals surface area contributed by atoms with Crippen LogP contribution in [0.4, 0.5) is 0 Å². The Kier molecular flexibility index (Phi) is 6.96. The van der Waals surface area contributed by atoms with Crippen LogP contribution in [0.25, 0.3) is 11.0 Å². The molecule has 0 radical (unpaired) electrons. The van der Waals surface area contributed by atoms with E-state index in [-0.39, 0.29) is 17.4 Å². The third-order valence-electron chi connectivity index (χ3n) is 4.14. The number of carbonyl (C=O) groups is 1. The lowest BCUT2D eigenvalue weighted by Crippen LogP contribution is -2.28. The van der Waals surface area contributed by atoms with Gasteiger partial charge in [0.15, 0.2) is 0 Å². The summed E-state index contributed by atoms with van der Waals surface area (Å²) in [6.45, 7) is 5.59. The highest BCUT2D eigenvalue weighted by Crippen LogP contribution is 2.23. The third kappa shape index (κ3) is 4.85. The molecule has 0 aliphatic carbocycles. The Morgan fingerprint density at radius 3 is 2.52 bits per heavy atom. The quantitative estimate of drug-likeness (QED) is 0.600. The summed E-state index contributed by atoms with van der Waals surface area (Å²) in [5.74, 6) is 0.510. The van der Waals surface area contributed by atoms with Crippen LogP contribution in [-0.4, -0.2) is 67.4 Å². The molecule has 27 heavy (non-hydrogen) atoms. The summed E-state index contributed by atoms with van der Waals surface area (Å²) in [6.07, 6.45) is 0.914. The standard InChI is InChI=1S/C18H28N4O4S/c1-6-10-22-16-9-8-14(27(24,25)20(3)4)11-15(16)19-17(22)12-21(5)13-18(23)26-7-2/h8-9,11H,6-7,10,12-13H2,1-5H3. The van der Waals surface area contributed by atoms with Gasteiger partial charge in [0.2, 0.25) is 10.0 Å². The predicted octanol–water partition coefficient (Wildman–Crippen LogP) is 1.69. The van der Waals surface area contributed by atoms with E-state index in [2.05, 4.69) is 16.5 Å². The molecule has 0 saturated carbocycles. The van der Waals surface area contributed by atoms with Crippen LogP contribution in [0.15, 0.2) is 23.1 Å². The largest absolute Gasteiger partial charge is 0.465 e. The molecule has 0 atom stereocenters. The smallest absolute Gasteiger partial charge is 0.320 e. The number of rotatable bonds is 9. The molecule has 1 aromatic carbocycles. The van der Waals surface area contributed by atoms with E-state index in [1.165, 1.54) is 18.4 Å². The van der Waals surface area contributed by atoms with Crippen LogP contribution in [0.3, 0.4) is 0 Å². The van der Waals surface area contributed by atoms with Crippen molar-refractivity contribution in [2.24, 2.45) is 0 Å². The average Bonchev–Trinajstić information content (AvgIpc) is 2.91. The lowest BCUT2D eigenvalue weighted by atomic mass is 10.3. The maximum absolute atomic E-state index is 12.4. The van der Waals surface area contributed by atoms with E-state index in [9.17, 15) is 13.2 Å². The molecule has 0 fully saturated rings. The number of nitrogens with zero attached hydrogens (tertiary/aromatic N) is 4. The van der Waals surface area contributed by atoms with Crippen LogP contribution in [-0.2, 0) is 32.6 Å². The molecule has 8 nitrogen and oxygen atoms in total. The molecular formula is C18H28N4O4S. The first-order chi connectivity index (χ1) is 12.7. The Labute approximate surface area is 160 Å². The lowest BCUT2D eigenvalue weighted by molar-refractivity contribution is -0.144. The molecule has 0 spiro atoms. The molecule has 9 heteroatoms.